The number of halogens is 2. The van der Waals surface area contributed by atoms with Crippen LogP contribution in [0, 0.1) is 24.0 Å². The topological polar surface area (TPSA) is 123 Å². The molecule has 4 rings (SSSR count). The number of hydrazone groups is 1. The van der Waals surface area contributed by atoms with Crippen LogP contribution in [0.25, 0.3) is 10.9 Å². The van der Waals surface area contributed by atoms with Crippen molar-refractivity contribution in [3.8, 4) is 35.3 Å². The zero-order chi connectivity index (χ0) is 29.4. The summed E-state index contributed by atoms with van der Waals surface area (Å²) in [4.78, 5) is 29.9. The highest BCUT2D eigenvalue weighted by Gasteiger charge is 2.22. The molecule has 12 heteroatoms. The number of fused-ring (bicyclic) bond motifs is 1. The molecular weight excluding hydrogens is 536 g/mol. The van der Waals surface area contributed by atoms with Gasteiger partial charge in [0, 0.05) is 35.1 Å². The Morgan fingerprint density at radius 3 is 2.20 bits per heavy atom. The van der Waals surface area contributed by atoms with E-state index >= 15 is 4.39 Å². The molecule has 0 spiro atoms. The summed E-state index contributed by atoms with van der Waals surface area (Å²) in [6, 6.07) is 13.5. The van der Waals surface area contributed by atoms with Crippen molar-refractivity contribution in [1.82, 2.24) is 10.4 Å². The first-order valence-corrected chi connectivity index (χ1v) is 11.9. The third-order valence-electron chi connectivity index (χ3n) is 5.52. The van der Waals surface area contributed by atoms with Gasteiger partial charge in [0.1, 0.15) is 11.6 Å². The van der Waals surface area contributed by atoms with Crippen molar-refractivity contribution >= 4 is 39.8 Å². The second-order valence-electron chi connectivity index (χ2n) is 8.20. The molecule has 0 aliphatic rings. The summed E-state index contributed by atoms with van der Waals surface area (Å²) in [5.41, 5.74) is 2.59. The second-order valence-corrected chi connectivity index (χ2v) is 8.20. The van der Waals surface area contributed by atoms with E-state index < -0.39 is 29.2 Å². The van der Waals surface area contributed by atoms with Crippen molar-refractivity contribution in [2.45, 2.75) is 0 Å². The van der Waals surface area contributed by atoms with E-state index in [-0.39, 0.29) is 23.7 Å². The van der Waals surface area contributed by atoms with Crippen LogP contribution in [0.5, 0.6) is 23.0 Å². The maximum atomic E-state index is 15.1. The Morgan fingerprint density at radius 2 is 1.54 bits per heavy atom. The van der Waals surface area contributed by atoms with Crippen LogP contribution >= 0.6 is 0 Å². The highest BCUT2D eigenvalue weighted by Crippen LogP contribution is 2.37. The number of nitrogens with one attached hydrogen (secondary N) is 3. The number of rotatable bonds is 10. The van der Waals surface area contributed by atoms with Crippen LogP contribution in [0.15, 0.2) is 72.0 Å². The summed E-state index contributed by atoms with van der Waals surface area (Å²) >= 11 is 0. The van der Waals surface area contributed by atoms with Crippen LogP contribution in [-0.4, -0.2) is 43.3 Å². The molecule has 0 aliphatic carbocycles. The van der Waals surface area contributed by atoms with Gasteiger partial charge >= 0.3 is 0 Å². The van der Waals surface area contributed by atoms with Crippen molar-refractivity contribution in [2.24, 2.45) is 5.10 Å². The minimum Gasteiger partial charge on any atom is -0.493 e. The van der Waals surface area contributed by atoms with Crippen LogP contribution in [0.4, 0.5) is 20.2 Å². The number of methoxy groups -OCH3 is 2. The number of terminal acetylenes is 1. The average Bonchev–Trinajstić information content (AvgIpc) is 2.97. The largest absolute Gasteiger partial charge is 0.493 e. The van der Waals surface area contributed by atoms with Crippen LogP contribution in [0.3, 0.4) is 0 Å². The molecule has 0 aliphatic heterocycles. The highest BCUT2D eigenvalue weighted by molar-refractivity contribution is 6.69. The Morgan fingerprint density at radius 1 is 0.878 bits per heavy atom. The van der Waals surface area contributed by atoms with Crippen molar-refractivity contribution in [2.75, 3.05) is 31.4 Å². The highest BCUT2D eigenvalue weighted by atomic mass is 19.1. The lowest BCUT2D eigenvalue weighted by atomic mass is 10.1. The van der Waals surface area contributed by atoms with Crippen LogP contribution in [0.2, 0.25) is 0 Å². The molecule has 0 atom stereocenters. The number of amides is 2. The lowest BCUT2D eigenvalue weighted by Crippen LogP contribution is -2.36. The molecule has 0 bridgehead atoms. The molecule has 0 saturated heterocycles. The van der Waals surface area contributed by atoms with Gasteiger partial charge in [0.05, 0.1) is 26.3 Å². The van der Waals surface area contributed by atoms with E-state index in [4.69, 9.17) is 20.6 Å². The Labute approximate surface area is 233 Å². The predicted molar refractivity (Wildman–Crippen MR) is 149 cm³/mol. The summed E-state index contributed by atoms with van der Waals surface area (Å²) in [5.74, 6) is 0.176. The molecule has 3 N–H and O–H groups in total. The van der Waals surface area contributed by atoms with Gasteiger partial charge in [-0.05, 0) is 48.5 Å². The summed E-state index contributed by atoms with van der Waals surface area (Å²) < 4.78 is 44.7. The number of anilines is 2. The van der Waals surface area contributed by atoms with Gasteiger partial charge in [-0.25, -0.2) is 8.78 Å². The van der Waals surface area contributed by atoms with Gasteiger partial charge in [-0.15, -0.1) is 6.42 Å². The number of pyridine rings is 1. The molecule has 2 amide bonds. The van der Waals surface area contributed by atoms with Gasteiger partial charge in [0.25, 0.3) is 11.8 Å². The lowest BCUT2D eigenvalue weighted by Gasteiger charge is -2.13. The number of nitrogens with zero attached hydrogens (tertiary/aromatic N) is 2. The molecule has 1 heterocycles. The van der Waals surface area contributed by atoms with E-state index in [1.54, 1.807) is 18.2 Å². The van der Waals surface area contributed by atoms with Gasteiger partial charge in [0.2, 0.25) is 5.71 Å². The molecule has 0 radical (unpaired) electrons. The standard InChI is InChI=1S/C29H23F2N5O5/c1-4-12-33-36-27(28(37)34-18-7-5-17(30)6-8-18)29(38)35-19-9-10-24(21(31)14-19)41-23-11-13-32-22-16-26(40-3)25(39-2)15-20(22)23/h1,5-11,13-16,33H,12H2,2-3H3,(H,34,37)(H,35,38)/b36-27+. The van der Waals surface area contributed by atoms with Crippen molar-refractivity contribution in [1.29, 1.82) is 0 Å². The fraction of sp³-hybridized carbons (Fsp3) is 0.103. The normalized spacial score (nSPS) is 10.9. The van der Waals surface area contributed by atoms with Crippen molar-refractivity contribution in [3.63, 3.8) is 0 Å². The summed E-state index contributed by atoms with van der Waals surface area (Å²) in [7, 11) is 2.99. The lowest BCUT2D eigenvalue weighted by molar-refractivity contribution is -0.114. The minimum absolute atomic E-state index is 0.0186. The predicted octanol–water partition coefficient (Wildman–Crippen LogP) is 4.48. The summed E-state index contributed by atoms with van der Waals surface area (Å²) in [6.45, 7) is -0.0659. The summed E-state index contributed by atoms with van der Waals surface area (Å²) in [5, 5.41) is 9.16. The molecule has 3 aromatic carbocycles. The van der Waals surface area contributed by atoms with Crippen LogP contribution in [-0.2, 0) is 9.59 Å². The maximum absolute atomic E-state index is 15.1. The van der Waals surface area contributed by atoms with Crippen LogP contribution in [0.1, 0.15) is 0 Å². The molecular formula is C29H23F2N5O5. The van der Waals surface area contributed by atoms with Gasteiger partial charge in [-0.3, -0.25) is 20.0 Å². The number of carbonyl (C=O) groups is 2. The molecule has 41 heavy (non-hydrogen) atoms. The Balaban J connectivity index is 1.53. The fourth-order valence-corrected chi connectivity index (χ4v) is 3.60. The number of ether oxygens (including phenoxy) is 3. The molecule has 0 fully saturated rings. The monoisotopic (exact) mass is 559 g/mol. The molecule has 10 nitrogen and oxygen atoms in total. The maximum Gasteiger partial charge on any atom is 0.281 e. The van der Waals surface area contributed by atoms with Crippen molar-refractivity contribution in [3.05, 3.63) is 78.5 Å². The fourth-order valence-electron chi connectivity index (χ4n) is 3.60. The molecule has 0 saturated carbocycles. The van der Waals surface area contributed by atoms with E-state index in [2.05, 4.69) is 32.1 Å². The van der Waals surface area contributed by atoms with E-state index in [1.165, 1.54) is 44.7 Å². The smallest absolute Gasteiger partial charge is 0.281 e. The van der Waals surface area contributed by atoms with E-state index in [0.717, 1.165) is 18.2 Å². The Bertz CT molecular complexity index is 1670. The first-order valence-electron chi connectivity index (χ1n) is 11.9. The zero-order valence-corrected chi connectivity index (χ0v) is 21.8. The van der Waals surface area contributed by atoms with Crippen molar-refractivity contribution < 1.29 is 32.6 Å². The molecule has 4 aromatic rings. The Kier molecular flexibility index (Phi) is 8.91. The number of benzene rings is 3. The molecule has 0 unspecified atom stereocenters. The van der Waals surface area contributed by atoms with Gasteiger partial charge in [-0.1, -0.05) is 5.92 Å². The quantitative estimate of drug-likeness (QED) is 0.0861. The van der Waals surface area contributed by atoms with E-state index in [1.807, 2.05) is 0 Å². The van der Waals surface area contributed by atoms with E-state index in [9.17, 15) is 14.0 Å². The van der Waals surface area contributed by atoms with Gasteiger partial charge in [-0.2, -0.15) is 5.10 Å². The van der Waals surface area contributed by atoms with Crippen LogP contribution < -0.4 is 30.3 Å². The minimum atomic E-state index is -0.955. The number of hydrogen-bond donors (Lipinski definition) is 3. The Hall–Kier alpha value is -5.70. The van der Waals surface area contributed by atoms with Gasteiger partial charge in [0.15, 0.2) is 23.1 Å². The first-order chi connectivity index (χ1) is 19.8. The number of carbonyl (C=O) groups excluding carboxylic acids is 2. The molecule has 1 aromatic heterocycles. The zero-order valence-electron chi connectivity index (χ0n) is 21.8. The SMILES string of the molecule is C#CCN/N=C(\C(=O)Nc1ccc(F)cc1)C(=O)Nc1ccc(Oc2ccnc3cc(OC)c(OC)cc23)c(F)c1. The average molecular weight is 560 g/mol. The third kappa shape index (κ3) is 6.85. The second kappa shape index (κ2) is 12.9. The first kappa shape index (κ1) is 28.3. The summed E-state index contributed by atoms with van der Waals surface area (Å²) in [6.07, 6.45) is 6.69. The number of hydrogen-bond acceptors (Lipinski definition) is 8. The third-order valence-corrected chi connectivity index (χ3v) is 5.52. The van der Waals surface area contributed by atoms with E-state index in [0.29, 0.717) is 28.2 Å². The van der Waals surface area contributed by atoms with Gasteiger partial charge < -0.3 is 24.8 Å². The number of aromatic nitrogens is 1. The molecule has 208 valence electrons.